The smallest absolute Gasteiger partial charge is 0.387 e. The Kier molecular flexibility index (Phi) is 5.75. The monoisotopic (exact) mass is 396 g/mol. The molecule has 142 valence electrons. The van der Waals surface area contributed by atoms with Crippen LogP contribution in [0.3, 0.4) is 0 Å². The maximum absolute atomic E-state index is 13.0. The lowest BCUT2D eigenvalue weighted by atomic mass is 10.2. The SMILES string of the molecule is COc1cc(CSc2nnc(-c3ccc(F)cc3)n2N)ccc1OC(F)F. The summed E-state index contributed by atoms with van der Waals surface area (Å²) in [5.41, 5.74) is 1.43. The number of nitrogen functional groups attached to an aromatic ring is 1. The van der Waals surface area contributed by atoms with E-state index in [9.17, 15) is 13.2 Å². The van der Waals surface area contributed by atoms with Crippen molar-refractivity contribution in [3.8, 4) is 22.9 Å². The molecule has 0 bridgehead atoms. The highest BCUT2D eigenvalue weighted by atomic mass is 32.2. The predicted octanol–water partition coefficient (Wildman–Crippen LogP) is 3.70. The summed E-state index contributed by atoms with van der Waals surface area (Å²) in [4.78, 5) is 0. The van der Waals surface area contributed by atoms with Crippen molar-refractivity contribution in [3.63, 3.8) is 0 Å². The molecule has 0 aliphatic heterocycles. The summed E-state index contributed by atoms with van der Waals surface area (Å²) in [6, 6.07) is 10.4. The Labute approximate surface area is 157 Å². The quantitative estimate of drug-likeness (QED) is 0.485. The molecule has 0 fully saturated rings. The number of methoxy groups -OCH3 is 1. The Morgan fingerprint density at radius 2 is 1.85 bits per heavy atom. The summed E-state index contributed by atoms with van der Waals surface area (Å²) in [6.45, 7) is -2.93. The van der Waals surface area contributed by atoms with Crippen molar-refractivity contribution in [1.29, 1.82) is 0 Å². The Morgan fingerprint density at radius 1 is 1.11 bits per heavy atom. The normalized spacial score (nSPS) is 11.0. The number of nitrogens with zero attached hydrogens (tertiary/aromatic N) is 3. The third kappa shape index (κ3) is 4.45. The largest absolute Gasteiger partial charge is 0.493 e. The second kappa shape index (κ2) is 8.21. The highest BCUT2D eigenvalue weighted by molar-refractivity contribution is 7.98. The Bertz CT molecular complexity index is 919. The van der Waals surface area contributed by atoms with Crippen LogP contribution >= 0.6 is 11.8 Å². The molecule has 0 saturated heterocycles. The first-order valence-corrected chi connectivity index (χ1v) is 8.67. The number of halogens is 3. The van der Waals surface area contributed by atoms with E-state index in [4.69, 9.17) is 10.6 Å². The lowest BCUT2D eigenvalue weighted by Crippen LogP contribution is -2.11. The second-order valence-corrected chi connectivity index (χ2v) is 6.28. The van der Waals surface area contributed by atoms with Gasteiger partial charge in [-0.15, -0.1) is 10.2 Å². The Hall–Kier alpha value is -2.88. The van der Waals surface area contributed by atoms with Crippen molar-refractivity contribution >= 4 is 11.8 Å². The topological polar surface area (TPSA) is 75.2 Å². The van der Waals surface area contributed by atoms with Crippen molar-refractivity contribution in [2.24, 2.45) is 0 Å². The first kappa shape index (κ1) is 18.9. The van der Waals surface area contributed by atoms with Gasteiger partial charge in [-0.25, -0.2) is 9.07 Å². The number of ether oxygens (including phenoxy) is 2. The highest BCUT2D eigenvalue weighted by Crippen LogP contribution is 2.32. The average Bonchev–Trinajstić information content (AvgIpc) is 3.01. The Morgan fingerprint density at radius 3 is 2.52 bits per heavy atom. The molecule has 6 nitrogen and oxygen atoms in total. The van der Waals surface area contributed by atoms with E-state index in [2.05, 4.69) is 14.9 Å². The molecule has 0 radical (unpaired) electrons. The van der Waals surface area contributed by atoms with E-state index >= 15 is 0 Å². The molecule has 0 unspecified atom stereocenters. The minimum atomic E-state index is -2.93. The number of rotatable bonds is 7. The maximum atomic E-state index is 13.0. The standard InChI is InChI=1S/C17H15F3N4O2S/c1-25-14-8-10(2-7-13(14)26-16(19)20)9-27-17-23-22-15(24(17)21)11-3-5-12(18)6-4-11/h2-8,16H,9,21H2,1H3. The van der Waals surface area contributed by atoms with E-state index in [1.54, 1.807) is 24.3 Å². The molecule has 1 heterocycles. The number of alkyl halides is 2. The zero-order valence-electron chi connectivity index (χ0n) is 14.1. The molecule has 1 aromatic heterocycles. The van der Waals surface area contributed by atoms with E-state index in [-0.39, 0.29) is 17.3 Å². The van der Waals surface area contributed by atoms with E-state index in [0.29, 0.717) is 22.3 Å². The van der Waals surface area contributed by atoms with E-state index in [0.717, 1.165) is 5.56 Å². The van der Waals surface area contributed by atoms with Gasteiger partial charge in [0.2, 0.25) is 5.16 Å². The van der Waals surface area contributed by atoms with Gasteiger partial charge in [-0.05, 0) is 42.0 Å². The summed E-state index contributed by atoms with van der Waals surface area (Å²) in [7, 11) is 1.37. The molecule has 2 N–H and O–H groups in total. The second-order valence-electron chi connectivity index (χ2n) is 5.34. The van der Waals surface area contributed by atoms with Crippen molar-refractivity contribution < 1.29 is 22.6 Å². The molecular formula is C17H15F3N4O2S. The van der Waals surface area contributed by atoms with Gasteiger partial charge < -0.3 is 15.3 Å². The molecule has 0 aliphatic rings. The number of thioether (sulfide) groups is 1. The summed E-state index contributed by atoms with van der Waals surface area (Å²) in [6.07, 6.45) is 0. The first-order chi connectivity index (χ1) is 13.0. The van der Waals surface area contributed by atoms with Gasteiger partial charge in [-0.3, -0.25) is 0 Å². The van der Waals surface area contributed by atoms with Gasteiger partial charge in [0, 0.05) is 11.3 Å². The number of hydrogen-bond donors (Lipinski definition) is 1. The minimum Gasteiger partial charge on any atom is -0.493 e. The van der Waals surface area contributed by atoms with Crippen LogP contribution in [0.5, 0.6) is 11.5 Å². The van der Waals surface area contributed by atoms with Gasteiger partial charge in [0.25, 0.3) is 0 Å². The molecule has 27 heavy (non-hydrogen) atoms. The lowest BCUT2D eigenvalue weighted by Gasteiger charge is -2.11. The molecule has 10 heteroatoms. The number of aromatic nitrogens is 3. The van der Waals surface area contributed by atoms with E-state index in [1.165, 1.54) is 41.7 Å². The highest BCUT2D eigenvalue weighted by Gasteiger charge is 2.14. The third-order valence-corrected chi connectivity index (χ3v) is 4.59. The molecule has 0 amide bonds. The van der Waals surface area contributed by atoms with Crippen molar-refractivity contribution in [2.75, 3.05) is 13.0 Å². The van der Waals surface area contributed by atoms with Crippen molar-refractivity contribution in [3.05, 3.63) is 53.8 Å². The van der Waals surface area contributed by atoms with Gasteiger partial charge >= 0.3 is 6.61 Å². The Balaban J connectivity index is 1.73. The molecule has 0 atom stereocenters. The van der Waals surface area contributed by atoms with Crippen molar-refractivity contribution in [2.45, 2.75) is 17.5 Å². The van der Waals surface area contributed by atoms with Crippen LogP contribution < -0.4 is 15.3 Å². The molecule has 3 aromatic rings. The minimum absolute atomic E-state index is 0.0400. The molecule has 0 aliphatic carbocycles. The predicted molar refractivity (Wildman–Crippen MR) is 94.8 cm³/mol. The fourth-order valence-corrected chi connectivity index (χ4v) is 3.11. The fraction of sp³-hybridized carbons (Fsp3) is 0.176. The van der Waals surface area contributed by atoms with Crippen LogP contribution in [0.4, 0.5) is 13.2 Å². The van der Waals surface area contributed by atoms with E-state index in [1.807, 2.05) is 0 Å². The van der Waals surface area contributed by atoms with Gasteiger partial charge in [0.15, 0.2) is 17.3 Å². The summed E-state index contributed by atoms with van der Waals surface area (Å²) >= 11 is 1.30. The van der Waals surface area contributed by atoms with Crippen LogP contribution in [0.25, 0.3) is 11.4 Å². The maximum Gasteiger partial charge on any atom is 0.387 e. The van der Waals surface area contributed by atoms with Crippen LogP contribution in [0.1, 0.15) is 5.56 Å². The molecule has 0 saturated carbocycles. The van der Waals surface area contributed by atoms with Gasteiger partial charge in [0.05, 0.1) is 7.11 Å². The molecule has 3 rings (SSSR count). The van der Waals surface area contributed by atoms with Crippen LogP contribution in [0.2, 0.25) is 0 Å². The van der Waals surface area contributed by atoms with Crippen LogP contribution in [-0.2, 0) is 5.75 Å². The molecular weight excluding hydrogens is 381 g/mol. The summed E-state index contributed by atoms with van der Waals surface area (Å²) < 4.78 is 48.6. The van der Waals surface area contributed by atoms with Gasteiger partial charge in [0.1, 0.15) is 5.82 Å². The summed E-state index contributed by atoms with van der Waals surface area (Å²) in [5, 5.41) is 8.50. The lowest BCUT2D eigenvalue weighted by molar-refractivity contribution is -0.0512. The number of benzene rings is 2. The number of hydrogen-bond acceptors (Lipinski definition) is 6. The van der Waals surface area contributed by atoms with Crippen LogP contribution in [0.15, 0.2) is 47.6 Å². The average molecular weight is 396 g/mol. The molecule has 2 aromatic carbocycles. The fourth-order valence-electron chi connectivity index (χ4n) is 2.31. The summed E-state index contributed by atoms with van der Waals surface area (Å²) in [5.74, 6) is 6.68. The zero-order valence-corrected chi connectivity index (χ0v) is 14.9. The van der Waals surface area contributed by atoms with Crippen LogP contribution in [0, 0.1) is 5.82 Å². The number of nitrogens with two attached hydrogens (primary N) is 1. The molecule has 0 spiro atoms. The van der Waals surface area contributed by atoms with E-state index < -0.39 is 6.61 Å². The third-order valence-electron chi connectivity index (χ3n) is 3.58. The van der Waals surface area contributed by atoms with Gasteiger partial charge in [-0.2, -0.15) is 8.78 Å². The van der Waals surface area contributed by atoms with Gasteiger partial charge in [-0.1, -0.05) is 17.8 Å². The van der Waals surface area contributed by atoms with Crippen molar-refractivity contribution in [1.82, 2.24) is 14.9 Å². The zero-order chi connectivity index (χ0) is 19.4. The first-order valence-electron chi connectivity index (χ1n) is 7.69. The van der Waals surface area contributed by atoms with Crippen LogP contribution in [-0.4, -0.2) is 28.6 Å².